The standard InChI is InChI=1S/C13H12F3N3O3/c14-13(15,16)12(20)21-11-9-3-1-2-4-10(9)19(18-11)22-8-5-6-17-7-8/h1-4,8,17H,5-7H2. The molecule has 0 bridgehead atoms. The van der Waals surface area contributed by atoms with E-state index < -0.39 is 18.0 Å². The summed E-state index contributed by atoms with van der Waals surface area (Å²) in [7, 11) is 0. The van der Waals surface area contributed by atoms with E-state index in [1.54, 1.807) is 18.2 Å². The molecule has 1 saturated heterocycles. The summed E-state index contributed by atoms with van der Waals surface area (Å²) in [6.07, 6.45) is -4.47. The van der Waals surface area contributed by atoms with Crippen molar-refractivity contribution in [3.05, 3.63) is 24.3 Å². The second-order valence-electron chi connectivity index (χ2n) is 4.80. The number of aromatic nitrogens is 2. The molecule has 0 radical (unpaired) electrons. The van der Waals surface area contributed by atoms with Gasteiger partial charge in [0.05, 0.1) is 5.39 Å². The van der Waals surface area contributed by atoms with Gasteiger partial charge in [0.25, 0.3) is 5.88 Å². The van der Waals surface area contributed by atoms with Crippen molar-refractivity contribution in [2.24, 2.45) is 0 Å². The lowest BCUT2D eigenvalue weighted by Crippen LogP contribution is -2.29. The summed E-state index contributed by atoms with van der Waals surface area (Å²) < 4.78 is 41.3. The van der Waals surface area contributed by atoms with Crippen molar-refractivity contribution >= 4 is 16.9 Å². The third kappa shape index (κ3) is 2.84. The van der Waals surface area contributed by atoms with Gasteiger partial charge in [-0.15, -0.1) is 0 Å². The SMILES string of the molecule is O=C(Oc1nn(OC2CCNC2)c2ccccc12)C(F)(F)F. The Hall–Kier alpha value is -2.29. The predicted octanol–water partition coefficient (Wildman–Crippen LogP) is 1.29. The molecule has 3 rings (SSSR count). The molecule has 1 aliphatic rings. The molecule has 2 heterocycles. The molecule has 1 aliphatic heterocycles. The second kappa shape index (κ2) is 5.48. The van der Waals surface area contributed by atoms with Gasteiger partial charge in [0.15, 0.2) is 0 Å². The van der Waals surface area contributed by atoms with Crippen molar-refractivity contribution in [2.45, 2.75) is 18.7 Å². The summed E-state index contributed by atoms with van der Waals surface area (Å²) in [5.74, 6) is -2.74. The Morgan fingerprint density at radius 3 is 2.82 bits per heavy atom. The van der Waals surface area contributed by atoms with Crippen molar-refractivity contribution in [3.63, 3.8) is 0 Å². The van der Waals surface area contributed by atoms with Crippen LogP contribution in [0.3, 0.4) is 0 Å². The summed E-state index contributed by atoms with van der Waals surface area (Å²) in [6.45, 7) is 1.41. The number of fused-ring (bicyclic) bond motifs is 1. The molecule has 118 valence electrons. The lowest BCUT2D eigenvalue weighted by atomic mass is 10.2. The van der Waals surface area contributed by atoms with Gasteiger partial charge in [-0.1, -0.05) is 22.1 Å². The number of hydrogen-bond acceptors (Lipinski definition) is 5. The molecule has 0 aliphatic carbocycles. The topological polar surface area (TPSA) is 65.4 Å². The number of alkyl halides is 3. The maximum atomic E-state index is 12.3. The number of hydrogen-bond donors (Lipinski definition) is 1. The van der Waals surface area contributed by atoms with Crippen LogP contribution in [0.5, 0.6) is 5.88 Å². The first-order valence-corrected chi connectivity index (χ1v) is 6.60. The van der Waals surface area contributed by atoms with Crippen molar-refractivity contribution < 1.29 is 27.5 Å². The van der Waals surface area contributed by atoms with Crippen molar-refractivity contribution in [1.29, 1.82) is 0 Å². The predicted molar refractivity (Wildman–Crippen MR) is 69.3 cm³/mol. The molecule has 1 unspecified atom stereocenters. The van der Waals surface area contributed by atoms with Crippen molar-refractivity contribution in [1.82, 2.24) is 15.3 Å². The molecule has 6 nitrogen and oxygen atoms in total. The highest BCUT2D eigenvalue weighted by Gasteiger charge is 2.42. The van der Waals surface area contributed by atoms with E-state index in [9.17, 15) is 18.0 Å². The average Bonchev–Trinajstić information content (AvgIpc) is 3.08. The maximum absolute atomic E-state index is 12.3. The first kappa shape index (κ1) is 14.6. The Morgan fingerprint density at radius 2 is 2.14 bits per heavy atom. The summed E-state index contributed by atoms with van der Waals surface area (Å²) in [5, 5.41) is 7.20. The summed E-state index contributed by atoms with van der Waals surface area (Å²) in [5.41, 5.74) is 0.430. The zero-order valence-electron chi connectivity index (χ0n) is 11.3. The van der Waals surface area contributed by atoms with E-state index in [0.717, 1.165) is 17.8 Å². The van der Waals surface area contributed by atoms with Crippen LogP contribution >= 0.6 is 0 Å². The van der Waals surface area contributed by atoms with Crippen LogP contribution in [0, 0.1) is 0 Å². The lowest BCUT2D eigenvalue weighted by Gasteiger charge is -2.11. The molecule has 1 N–H and O–H groups in total. The zero-order valence-corrected chi connectivity index (χ0v) is 11.3. The minimum Gasteiger partial charge on any atom is -0.398 e. The van der Waals surface area contributed by atoms with Gasteiger partial charge in [0.1, 0.15) is 11.6 Å². The fourth-order valence-corrected chi connectivity index (χ4v) is 2.17. The fraction of sp³-hybridized carbons (Fsp3) is 0.385. The second-order valence-corrected chi connectivity index (χ2v) is 4.80. The molecular weight excluding hydrogens is 303 g/mol. The number of nitrogens with one attached hydrogen (secondary N) is 1. The van der Waals surface area contributed by atoms with Gasteiger partial charge in [-0.25, -0.2) is 4.79 Å². The van der Waals surface area contributed by atoms with E-state index in [2.05, 4.69) is 15.2 Å². The third-order valence-electron chi connectivity index (χ3n) is 3.21. The minimum absolute atomic E-state index is 0.144. The van der Waals surface area contributed by atoms with E-state index in [1.165, 1.54) is 6.07 Å². The first-order valence-electron chi connectivity index (χ1n) is 6.60. The van der Waals surface area contributed by atoms with E-state index in [-0.39, 0.29) is 11.5 Å². The summed E-state index contributed by atoms with van der Waals surface area (Å²) in [4.78, 5) is 17.7. The Kier molecular flexibility index (Phi) is 3.65. The number of para-hydroxylation sites is 1. The molecule has 2 aromatic rings. The van der Waals surface area contributed by atoms with Gasteiger partial charge < -0.3 is 14.9 Å². The molecule has 9 heteroatoms. The first-order chi connectivity index (χ1) is 10.4. The van der Waals surface area contributed by atoms with E-state index >= 15 is 0 Å². The maximum Gasteiger partial charge on any atom is 0.491 e. The average molecular weight is 315 g/mol. The molecule has 0 saturated carbocycles. The number of rotatable bonds is 3. The normalized spacial score (nSPS) is 18.6. The molecule has 1 aromatic heterocycles. The van der Waals surface area contributed by atoms with Crippen molar-refractivity contribution in [3.8, 4) is 5.88 Å². The molecule has 0 amide bonds. The zero-order chi connectivity index (χ0) is 15.7. The lowest BCUT2D eigenvalue weighted by molar-refractivity contribution is -0.190. The Bertz CT molecular complexity index is 693. The number of halogens is 3. The van der Waals surface area contributed by atoms with E-state index in [0.29, 0.717) is 12.1 Å². The highest BCUT2D eigenvalue weighted by atomic mass is 19.4. The Morgan fingerprint density at radius 1 is 1.36 bits per heavy atom. The number of nitrogens with zero attached hydrogens (tertiary/aromatic N) is 2. The van der Waals surface area contributed by atoms with Crippen LogP contribution < -0.4 is 14.9 Å². The molecule has 22 heavy (non-hydrogen) atoms. The molecule has 1 atom stereocenters. The largest absolute Gasteiger partial charge is 0.491 e. The number of carbonyl (C=O) groups excluding carboxylic acids is 1. The molecular formula is C13H12F3N3O3. The Labute approximate surface area is 122 Å². The molecule has 1 fully saturated rings. The van der Waals surface area contributed by atoms with Crippen LogP contribution in [0.25, 0.3) is 10.9 Å². The summed E-state index contributed by atoms with van der Waals surface area (Å²) in [6, 6.07) is 6.42. The Balaban J connectivity index is 1.91. The number of carbonyl (C=O) groups is 1. The number of ether oxygens (including phenoxy) is 1. The van der Waals surface area contributed by atoms with Gasteiger partial charge >= 0.3 is 12.1 Å². The van der Waals surface area contributed by atoms with Gasteiger partial charge in [-0.05, 0) is 18.7 Å². The minimum atomic E-state index is -5.08. The highest BCUT2D eigenvalue weighted by molar-refractivity contribution is 5.88. The van der Waals surface area contributed by atoms with Crippen molar-refractivity contribution in [2.75, 3.05) is 13.1 Å². The van der Waals surface area contributed by atoms with Gasteiger partial charge in [-0.2, -0.15) is 13.2 Å². The van der Waals surface area contributed by atoms with Crippen LogP contribution in [0.4, 0.5) is 13.2 Å². The van der Waals surface area contributed by atoms with Crippen LogP contribution in [0.2, 0.25) is 0 Å². The van der Waals surface area contributed by atoms with E-state index in [4.69, 9.17) is 4.84 Å². The van der Waals surface area contributed by atoms with Crippen LogP contribution in [-0.4, -0.2) is 41.3 Å². The highest BCUT2D eigenvalue weighted by Crippen LogP contribution is 2.27. The van der Waals surface area contributed by atoms with Gasteiger partial charge in [-0.3, -0.25) is 0 Å². The summed E-state index contributed by atoms with van der Waals surface area (Å²) >= 11 is 0. The van der Waals surface area contributed by atoms with Crippen LogP contribution in [0.15, 0.2) is 24.3 Å². The monoisotopic (exact) mass is 315 g/mol. The van der Waals surface area contributed by atoms with Gasteiger partial charge in [0, 0.05) is 13.0 Å². The van der Waals surface area contributed by atoms with Crippen LogP contribution in [-0.2, 0) is 4.79 Å². The van der Waals surface area contributed by atoms with Gasteiger partial charge in [0.2, 0.25) is 0 Å². The van der Waals surface area contributed by atoms with Crippen LogP contribution in [0.1, 0.15) is 6.42 Å². The smallest absolute Gasteiger partial charge is 0.398 e. The number of benzene rings is 1. The van der Waals surface area contributed by atoms with E-state index in [1.807, 2.05) is 0 Å². The fourth-order valence-electron chi connectivity index (χ4n) is 2.17. The molecule has 1 aromatic carbocycles. The quantitative estimate of drug-likeness (QED) is 0.865. The molecule has 0 spiro atoms. The third-order valence-corrected chi connectivity index (χ3v) is 3.21. The number of esters is 1.